The van der Waals surface area contributed by atoms with Gasteiger partial charge in [-0.25, -0.2) is 4.98 Å². The van der Waals surface area contributed by atoms with Gasteiger partial charge < -0.3 is 14.8 Å². The van der Waals surface area contributed by atoms with Gasteiger partial charge in [0.2, 0.25) is 0 Å². The molecule has 8 nitrogen and oxygen atoms in total. The number of nitrogens with one attached hydrogen (secondary N) is 1. The highest BCUT2D eigenvalue weighted by molar-refractivity contribution is 5.94. The van der Waals surface area contributed by atoms with Gasteiger partial charge >= 0.3 is 0 Å². The van der Waals surface area contributed by atoms with E-state index in [2.05, 4.69) is 10.3 Å². The molecule has 1 heterocycles. The van der Waals surface area contributed by atoms with Crippen LogP contribution in [0.5, 0.6) is 11.5 Å². The number of carbonyl (C=O) groups excluding carboxylic acids is 2. The molecule has 2 aromatic rings. The number of ketones is 1. The summed E-state index contributed by atoms with van der Waals surface area (Å²) in [6, 6.07) is 6.40. The Bertz CT molecular complexity index is 963. The second kappa shape index (κ2) is 10.0. The van der Waals surface area contributed by atoms with E-state index in [-0.39, 0.29) is 30.4 Å². The summed E-state index contributed by atoms with van der Waals surface area (Å²) in [6.45, 7) is 1.88. The molecule has 0 bridgehead atoms. The molecule has 160 valence electrons. The Morgan fingerprint density at radius 3 is 2.63 bits per heavy atom. The van der Waals surface area contributed by atoms with Crippen molar-refractivity contribution in [3.63, 3.8) is 0 Å². The lowest BCUT2D eigenvalue weighted by Crippen LogP contribution is -2.34. The molecule has 0 radical (unpaired) electrons. The fourth-order valence-electron chi connectivity index (χ4n) is 3.57. The SMILES string of the molecule is COc1cc(C(C)=O)ccc1OCC(=O)NCCn1cnc(C2CCCC2)cc1=O. The van der Waals surface area contributed by atoms with E-state index < -0.39 is 0 Å². The number of hydrogen-bond donors (Lipinski definition) is 1. The largest absolute Gasteiger partial charge is 0.493 e. The van der Waals surface area contributed by atoms with Crippen LogP contribution in [0.3, 0.4) is 0 Å². The zero-order chi connectivity index (χ0) is 21.5. The zero-order valence-corrected chi connectivity index (χ0v) is 17.3. The van der Waals surface area contributed by atoms with Gasteiger partial charge in [0.05, 0.1) is 19.1 Å². The van der Waals surface area contributed by atoms with Gasteiger partial charge in [-0.2, -0.15) is 0 Å². The molecule has 1 aromatic carbocycles. The topological polar surface area (TPSA) is 99.5 Å². The molecule has 1 aliphatic carbocycles. The number of aromatic nitrogens is 2. The Morgan fingerprint density at radius 1 is 1.20 bits per heavy atom. The average molecular weight is 413 g/mol. The molecule has 1 N–H and O–H groups in total. The van der Waals surface area contributed by atoms with Crippen molar-refractivity contribution in [3.8, 4) is 11.5 Å². The van der Waals surface area contributed by atoms with E-state index in [1.807, 2.05) is 0 Å². The average Bonchev–Trinajstić information content (AvgIpc) is 3.28. The molecule has 0 saturated heterocycles. The summed E-state index contributed by atoms with van der Waals surface area (Å²) >= 11 is 0. The van der Waals surface area contributed by atoms with E-state index in [4.69, 9.17) is 9.47 Å². The summed E-state index contributed by atoms with van der Waals surface area (Å²) in [4.78, 5) is 40.2. The first-order valence-corrected chi connectivity index (χ1v) is 10.1. The number of carbonyl (C=O) groups is 2. The molecule has 0 spiro atoms. The van der Waals surface area contributed by atoms with Crippen molar-refractivity contribution >= 4 is 11.7 Å². The zero-order valence-electron chi connectivity index (χ0n) is 17.3. The third-order valence-corrected chi connectivity index (χ3v) is 5.28. The number of methoxy groups -OCH3 is 1. The Labute approximate surface area is 175 Å². The molecular formula is C22H27N3O5. The molecule has 30 heavy (non-hydrogen) atoms. The molecule has 0 aliphatic heterocycles. The van der Waals surface area contributed by atoms with Crippen LogP contribution in [0.2, 0.25) is 0 Å². The van der Waals surface area contributed by atoms with Crippen LogP contribution in [-0.4, -0.2) is 41.5 Å². The van der Waals surface area contributed by atoms with E-state index >= 15 is 0 Å². The number of benzene rings is 1. The van der Waals surface area contributed by atoms with E-state index in [9.17, 15) is 14.4 Å². The lowest BCUT2D eigenvalue weighted by atomic mass is 10.0. The second-order valence-corrected chi connectivity index (χ2v) is 7.39. The minimum absolute atomic E-state index is 0.0846. The predicted molar refractivity (Wildman–Crippen MR) is 111 cm³/mol. The highest BCUT2D eigenvalue weighted by Crippen LogP contribution is 2.32. The summed E-state index contributed by atoms with van der Waals surface area (Å²) in [5.74, 6) is 0.747. The van der Waals surface area contributed by atoms with Crippen molar-refractivity contribution in [3.05, 3.63) is 52.2 Å². The minimum atomic E-state index is -0.323. The van der Waals surface area contributed by atoms with Crippen molar-refractivity contribution in [1.82, 2.24) is 14.9 Å². The lowest BCUT2D eigenvalue weighted by molar-refractivity contribution is -0.123. The molecule has 1 saturated carbocycles. The van der Waals surface area contributed by atoms with Crippen molar-refractivity contribution in [2.75, 3.05) is 20.3 Å². The molecule has 1 aromatic heterocycles. The maximum Gasteiger partial charge on any atom is 0.258 e. The highest BCUT2D eigenvalue weighted by atomic mass is 16.5. The number of Topliss-reactive ketones (excluding diaryl/α,β-unsaturated/α-hetero) is 1. The van der Waals surface area contributed by atoms with Crippen LogP contribution in [0.25, 0.3) is 0 Å². The number of ether oxygens (including phenoxy) is 2. The number of nitrogens with zero attached hydrogens (tertiary/aromatic N) is 2. The minimum Gasteiger partial charge on any atom is -0.493 e. The molecule has 1 amide bonds. The van der Waals surface area contributed by atoms with Crippen LogP contribution in [0.4, 0.5) is 0 Å². The molecule has 1 aliphatic rings. The Hall–Kier alpha value is -3.16. The standard InChI is InChI=1S/C22H27N3O5/c1-15(26)17-7-8-19(20(11-17)29-2)30-13-21(27)23-9-10-25-14-24-18(12-22(25)28)16-5-3-4-6-16/h7-8,11-12,14,16H,3-6,9-10,13H2,1-2H3,(H,23,27). The summed E-state index contributed by atoms with van der Waals surface area (Å²) in [5.41, 5.74) is 1.27. The molecule has 3 rings (SSSR count). The fourth-order valence-corrected chi connectivity index (χ4v) is 3.57. The molecule has 0 unspecified atom stereocenters. The van der Waals surface area contributed by atoms with Crippen LogP contribution in [-0.2, 0) is 11.3 Å². The third-order valence-electron chi connectivity index (χ3n) is 5.28. The van der Waals surface area contributed by atoms with Gasteiger partial charge in [0.15, 0.2) is 23.9 Å². The van der Waals surface area contributed by atoms with Gasteiger partial charge in [0.25, 0.3) is 11.5 Å². The fraction of sp³-hybridized carbons (Fsp3) is 0.455. The van der Waals surface area contributed by atoms with Crippen LogP contribution in [0.15, 0.2) is 35.4 Å². The van der Waals surface area contributed by atoms with E-state index in [0.717, 1.165) is 18.5 Å². The molecule has 0 atom stereocenters. The van der Waals surface area contributed by atoms with Gasteiger partial charge in [0, 0.05) is 30.6 Å². The lowest BCUT2D eigenvalue weighted by Gasteiger charge is -2.12. The third kappa shape index (κ3) is 5.46. The van der Waals surface area contributed by atoms with Crippen molar-refractivity contribution in [2.24, 2.45) is 0 Å². The predicted octanol–water partition coefficient (Wildman–Crippen LogP) is 2.31. The van der Waals surface area contributed by atoms with Crippen LogP contribution in [0, 0.1) is 0 Å². The van der Waals surface area contributed by atoms with Gasteiger partial charge in [-0.1, -0.05) is 12.8 Å². The normalized spacial score (nSPS) is 13.8. The number of rotatable bonds is 9. The summed E-state index contributed by atoms with van der Waals surface area (Å²) in [6.07, 6.45) is 6.12. The van der Waals surface area contributed by atoms with Crippen molar-refractivity contribution in [2.45, 2.75) is 45.1 Å². The first-order valence-electron chi connectivity index (χ1n) is 10.1. The maximum atomic E-state index is 12.3. The maximum absolute atomic E-state index is 12.3. The Morgan fingerprint density at radius 2 is 1.97 bits per heavy atom. The monoisotopic (exact) mass is 413 g/mol. The molecule has 8 heteroatoms. The summed E-state index contributed by atoms with van der Waals surface area (Å²) in [7, 11) is 1.47. The summed E-state index contributed by atoms with van der Waals surface area (Å²) < 4.78 is 12.2. The first kappa shape index (κ1) is 21.5. The number of hydrogen-bond acceptors (Lipinski definition) is 6. The van der Waals surface area contributed by atoms with Gasteiger partial charge in [-0.15, -0.1) is 0 Å². The Kier molecular flexibility index (Phi) is 7.21. The summed E-state index contributed by atoms with van der Waals surface area (Å²) in [5, 5.41) is 2.72. The molecule has 1 fully saturated rings. The van der Waals surface area contributed by atoms with E-state index in [1.54, 1.807) is 30.6 Å². The second-order valence-electron chi connectivity index (χ2n) is 7.39. The smallest absolute Gasteiger partial charge is 0.258 e. The van der Waals surface area contributed by atoms with Gasteiger partial charge in [0.1, 0.15) is 0 Å². The molecular weight excluding hydrogens is 386 g/mol. The van der Waals surface area contributed by atoms with E-state index in [1.165, 1.54) is 31.4 Å². The van der Waals surface area contributed by atoms with Gasteiger partial charge in [-0.3, -0.25) is 19.0 Å². The van der Waals surface area contributed by atoms with Gasteiger partial charge in [-0.05, 0) is 38.0 Å². The quantitative estimate of drug-likeness (QED) is 0.634. The highest BCUT2D eigenvalue weighted by Gasteiger charge is 2.19. The van der Waals surface area contributed by atoms with Crippen LogP contribution in [0.1, 0.15) is 54.6 Å². The van der Waals surface area contributed by atoms with Crippen LogP contribution < -0.4 is 20.3 Å². The van der Waals surface area contributed by atoms with Crippen molar-refractivity contribution < 1.29 is 19.1 Å². The van der Waals surface area contributed by atoms with Crippen molar-refractivity contribution in [1.29, 1.82) is 0 Å². The van der Waals surface area contributed by atoms with Crippen LogP contribution >= 0.6 is 0 Å². The Balaban J connectivity index is 1.47. The van der Waals surface area contributed by atoms with E-state index in [0.29, 0.717) is 29.5 Å². The first-order chi connectivity index (χ1) is 14.5. The number of amides is 1.